The van der Waals surface area contributed by atoms with Crippen LogP contribution in [0.1, 0.15) is 6.92 Å². The lowest BCUT2D eigenvalue weighted by molar-refractivity contribution is 0.252. The first kappa shape index (κ1) is 23.9. The summed E-state index contributed by atoms with van der Waals surface area (Å²) in [5, 5.41) is 18.4. The fourth-order valence-electron chi connectivity index (χ4n) is 3.60. The fraction of sp³-hybridized carbons (Fsp3) is 0.174. The average molecular weight is 520 g/mol. The van der Waals surface area contributed by atoms with Gasteiger partial charge in [-0.25, -0.2) is 29.6 Å². The standard InChI is InChI=1S/C23H21N9O4S/c1-4-24-22(33)29-18-6-14(21-28-17(11-37-21)13-8-27-32(2)10-13)16(9-25-18)12-5-15(19(35-3)26-7-12)20-30-31-23(34)36-20/h5-11H,4H2,1-3H3,(H,31,34)(H2,24,25,29,33). The number of aromatic nitrogens is 7. The molecule has 0 unspecified atom stereocenters. The highest BCUT2D eigenvalue weighted by atomic mass is 32.1. The topological polar surface area (TPSA) is 166 Å². The van der Waals surface area contributed by atoms with Crippen molar-refractivity contribution < 1.29 is 13.9 Å². The summed E-state index contributed by atoms with van der Waals surface area (Å²) in [5.74, 6) is -0.0800. The van der Waals surface area contributed by atoms with E-state index in [1.165, 1.54) is 18.4 Å². The van der Waals surface area contributed by atoms with E-state index in [1.807, 2.05) is 25.5 Å². The Bertz CT molecular complexity index is 1630. The van der Waals surface area contributed by atoms with Crippen molar-refractivity contribution in [2.24, 2.45) is 7.05 Å². The number of ether oxygens (including phenoxy) is 1. The Balaban J connectivity index is 1.63. The average Bonchev–Trinajstić information content (AvgIpc) is 3.65. The molecule has 0 aliphatic heterocycles. The van der Waals surface area contributed by atoms with Crippen molar-refractivity contribution in [1.29, 1.82) is 0 Å². The van der Waals surface area contributed by atoms with E-state index in [9.17, 15) is 9.59 Å². The molecule has 0 aliphatic carbocycles. The summed E-state index contributed by atoms with van der Waals surface area (Å²) in [7, 11) is 3.30. The Morgan fingerprint density at radius 1 is 1.16 bits per heavy atom. The maximum Gasteiger partial charge on any atom is 0.434 e. The van der Waals surface area contributed by atoms with Crippen LogP contribution in [0.25, 0.3) is 44.4 Å². The highest BCUT2D eigenvalue weighted by Gasteiger charge is 2.19. The molecule has 0 aliphatic rings. The van der Waals surface area contributed by atoms with Gasteiger partial charge in [0.05, 0.1) is 19.0 Å². The maximum atomic E-state index is 12.1. The van der Waals surface area contributed by atoms with Crippen molar-refractivity contribution in [3.63, 3.8) is 0 Å². The zero-order valence-corrected chi connectivity index (χ0v) is 20.8. The zero-order valence-electron chi connectivity index (χ0n) is 20.0. The van der Waals surface area contributed by atoms with Gasteiger partial charge in [-0.15, -0.1) is 16.4 Å². The van der Waals surface area contributed by atoms with E-state index in [4.69, 9.17) is 14.1 Å². The molecule has 2 amide bonds. The molecule has 0 fully saturated rings. The van der Waals surface area contributed by atoms with Crippen LogP contribution in [-0.4, -0.2) is 54.6 Å². The van der Waals surface area contributed by atoms with Crippen molar-refractivity contribution in [2.75, 3.05) is 19.0 Å². The Labute approximate surface area is 213 Å². The summed E-state index contributed by atoms with van der Waals surface area (Å²) in [6, 6.07) is 3.11. The van der Waals surface area contributed by atoms with Crippen molar-refractivity contribution in [2.45, 2.75) is 6.92 Å². The van der Waals surface area contributed by atoms with Crippen molar-refractivity contribution in [1.82, 2.24) is 40.2 Å². The molecular formula is C23H21N9O4S. The van der Waals surface area contributed by atoms with Gasteiger partial charge in [0.1, 0.15) is 16.4 Å². The van der Waals surface area contributed by atoms with Crippen LogP contribution in [0.15, 0.2) is 51.5 Å². The van der Waals surface area contributed by atoms with Crippen molar-refractivity contribution in [3.8, 4) is 50.3 Å². The van der Waals surface area contributed by atoms with Gasteiger partial charge in [-0.05, 0) is 19.1 Å². The smallest absolute Gasteiger partial charge is 0.434 e. The summed E-state index contributed by atoms with van der Waals surface area (Å²) in [4.78, 5) is 37.3. The SMILES string of the molecule is CCNC(=O)Nc1cc(-c2nc(-c3cnn(C)c3)cs2)c(-c2cnc(OC)c(-c3n[nH]c(=O)o3)c2)cn1. The largest absolute Gasteiger partial charge is 0.480 e. The first-order valence-corrected chi connectivity index (χ1v) is 11.9. The highest BCUT2D eigenvalue weighted by molar-refractivity contribution is 7.13. The van der Waals surface area contributed by atoms with Crippen LogP contribution in [-0.2, 0) is 7.05 Å². The number of nitrogens with zero attached hydrogens (tertiary/aromatic N) is 6. The van der Waals surface area contributed by atoms with Gasteiger partial charge < -0.3 is 14.5 Å². The van der Waals surface area contributed by atoms with Crippen LogP contribution in [0, 0.1) is 0 Å². The summed E-state index contributed by atoms with van der Waals surface area (Å²) >= 11 is 1.44. The second-order valence-corrected chi connectivity index (χ2v) is 8.60. The summed E-state index contributed by atoms with van der Waals surface area (Å²) < 4.78 is 12.2. The number of pyridine rings is 2. The minimum Gasteiger partial charge on any atom is -0.480 e. The number of H-pyrrole nitrogens is 1. The van der Waals surface area contributed by atoms with Crippen molar-refractivity contribution >= 4 is 23.2 Å². The van der Waals surface area contributed by atoms with E-state index < -0.39 is 5.76 Å². The van der Waals surface area contributed by atoms with E-state index in [1.54, 1.807) is 35.4 Å². The molecule has 5 aromatic rings. The van der Waals surface area contributed by atoms with Crippen LogP contribution in [0.5, 0.6) is 5.88 Å². The predicted molar refractivity (Wildman–Crippen MR) is 136 cm³/mol. The quantitative estimate of drug-likeness (QED) is 0.293. The molecule has 0 spiro atoms. The number of rotatable bonds is 7. The molecule has 188 valence electrons. The first-order chi connectivity index (χ1) is 17.9. The first-order valence-electron chi connectivity index (χ1n) is 11.0. The van der Waals surface area contributed by atoms with Gasteiger partial charge in [0.2, 0.25) is 5.88 Å². The molecule has 5 rings (SSSR count). The van der Waals surface area contributed by atoms with Gasteiger partial charge in [-0.1, -0.05) is 0 Å². The van der Waals surface area contributed by atoms with E-state index in [-0.39, 0.29) is 17.8 Å². The Hall–Kier alpha value is -4.85. The van der Waals surface area contributed by atoms with Gasteiger partial charge in [-0.3, -0.25) is 10.00 Å². The fourth-order valence-corrected chi connectivity index (χ4v) is 4.45. The van der Waals surface area contributed by atoms with Gasteiger partial charge in [0.15, 0.2) is 0 Å². The lowest BCUT2D eigenvalue weighted by Gasteiger charge is -2.12. The van der Waals surface area contributed by atoms with E-state index in [2.05, 4.69) is 35.9 Å². The Morgan fingerprint density at radius 3 is 2.73 bits per heavy atom. The molecule has 0 aromatic carbocycles. The Morgan fingerprint density at radius 2 is 2.03 bits per heavy atom. The van der Waals surface area contributed by atoms with E-state index in [0.29, 0.717) is 39.6 Å². The molecule has 37 heavy (non-hydrogen) atoms. The number of carbonyl (C=O) groups is 1. The number of aromatic amines is 1. The number of carbonyl (C=O) groups excluding carboxylic acids is 1. The highest BCUT2D eigenvalue weighted by Crippen LogP contribution is 2.38. The third-order valence-corrected chi connectivity index (χ3v) is 6.12. The molecule has 0 atom stereocenters. The van der Waals surface area contributed by atoms with Crippen LogP contribution in [0.3, 0.4) is 0 Å². The molecule has 0 radical (unpaired) electrons. The molecule has 5 aromatic heterocycles. The minimum atomic E-state index is -0.698. The zero-order chi connectivity index (χ0) is 25.9. The molecule has 3 N–H and O–H groups in total. The number of aryl methyl sites for hydroxylation is 1. The number of anilines is 1. The molecule has 0 saturated carbocycles. The van der Waals surface area contributed by atoms with Gasteiger partial charge >= 0.3 is 11.8 Å². The third-order valence-electron chi connectivity index (χ3n) is 5.24. The number of thiazole rings is 1. The minimum absolute atomic E-state index is 0.0355. The number of methoxy groups -OCH3 is 1. The van der Waals surface area contributed by atoms with Crippen LogP contribution in [0.2, 0.25) is 0 Å². The summed E-state index contributed by atoms with van der Waals surface area (Å²) in [6.45, 7) is 2.30. The van der Waals surface area contributed by atoms with Gasteiger partial charge in [0, 0.05) is 59.8 Å². The number of amides is 2. The molecule has 0 saturated heterocycles. The normalized spacial score (nSPS) is 10.9. The third kappa shape index (κ3) is 4.95. The van der Waals surface area contributed by atoms with E-state index >= 15 is 0 Å². The summed E-state index contributed by atoms with van der Waals surface area (Å²) in [5.41, 5.74) is 4.06. The van der Waals surface area contributed by atoms with Crippen LogP contribution in [0.4, 0.5) is 10.6 Å². The van der Waals surface area contributed by atoms with E-state index in [0.717, 1.165) is 11.3 Å². The second kappa shape index (κ2) is 10.0. The predicted octanol–water partition coefficient (Wildman–Crippen LogP) is 3.16. The van der Waals surface area contributed by atoms with Crippen LogP contribution >= 0.6 is 11.3 Å². The number of hydrogen-bond donors (Lipinski definition) is 3. The Kier molecular flexibility index (Phi) is 6.47. The van der Waals surface area contributed by atoms with Crippen molar-refractivity contribution in [3.05, 3.63) is 52.9 Å². The number of hydrogen-bond acceptors (Lipinski definition) is 10. The molecular weight excluding hydrogens is 498 g/mol. The molecule has 13 nitrogen and oxygen atoms in total. The lowest BCUT2D eigenvalue weighted by Crippen LogP contribution is -2.28. The maximum absolute atomic E-state index is 12.1. The molecule has 14 heteroatoms. The lowest BCUT2D eigenvalue weighted by atomic mass is 10.0. The van der Waals surface area contributed by atoms with Gasteiger partial charge in [-0.2, -0.15) is 5.10 Å². The molecule has 5 heterocycles. The monoisotopic (exact) mass is 519 g/mol. The van der Waals surface area contributed by atoms with Crippen LogP contribution < -0.4 is 21.1 Å². The number of nitrogens with one attached hydrogen (secondary N) is 3. The van der Waals surface area contributed by atoms with Gasteiger partial charge in [0.25, 0.3) is 5.89 Å². The summed E-state index contributed by atoms with van der Waals surface area (Å²) in [6.07, 6.45) is 6.85. The second-order valence-electron chi connectivity index (χ2n) is 7.74. The number of urea groups is 1. The molecule has 0 bridgehead atoms.